The molecule has 0 fully saturated rings. The van der Waals surface area contributed by atoms with Gasteiger partial charge in [-0.3, -0.25) is 4.79 Å². The molecule has 5 nitrogen and oxygen atoms in total. The molecule has 0 radical (unpaired) electrons. The number of hydrogen-bond donors (Lipinski definition) is 0. The fourth-order valence-corrected chi connectivity index (χ4v) is 3.02. The maximum absolute atomic E-state index is 12.7. The van der Waals surface area contributed by atoms with Gasteiger partial charge in [-0.25, -0.2) is 0 Å². The number of carbonyl (C=O) groups is 1. The second-order valence-electron chi connectivity index (χ2n) is 5.92. The van der Waals surface area contributed by atoms with Gasteiger partial charge in [0.05, 0.1) is 16.3 Å². The highest BCUT2D eigenvalue weighted by Crippen LogP contribution is 2.29. The molecule has 1 aromatic heterocycles. The van der Waals surface area contributed by atoms with E-state index in [2.05, 4.69) is 10.2 Å². The summed E-state index contributed by atoms with van der Waals surface area (Å²) in [6, 6.07) is 6.87. The lowest BCUT2D eigenvalue weighted by molar-refractivity contribution is -0.160. The molecule has 1 aromatic carbocycles. The largest absolute Gasteiger partial charge is 0.411 e. The Morgan fingerprint density at radius 2 is 2.00 bits per heavy atom. The van der Waals surface area contributed by atoms with Crippen LogP contribution in [0.25, 0.3) is 11.5 Å². The van der Waals surface area contributed by atoms with E-state index in [0.29, 0.717) is 10.6 Å². The minimum absolute atomic E-state index is 0.0214. The average molecular weight is 408 g/mol. The number of benzene rings is 1. The van der Waals surface area contributed by atoms with Gasteiger partial charge in [0, 0.05) is 6.54 Å². The quantitative estimate of drug-likeness (QED) is 0.631. The molecular formula is C16H17ClF3N3O2S. The molecule has 0 aliphatic heterocycles. The third-order valence-electron chi connectivity index (χ3n) is 3.14. The van der Waals surface area contributed by atoms with Crippen LogP contribution in [0.1, 0.15) is 13.8 Å². The fourth-order valence-electron chi connectivity index (χ4n) is 2.14. The van der Waals surface area contributed by atoms with Gasteiger partial charge in [0.25, 0.3) is 5.22 Å². The van der Waals surface area contributed by atoms with Crippen molar-refractivity contribution in [2.75, 3.05) is 18.8 Å². The number of thioether (sulfide) groups is 1. The normalized spacial score (nSPS) is 11.8. The van der Waals surface area contributed by atoms with Crippen LogP contribution in [0.15, 0.2) is 33.9 Å². The standard InChI is InChI=1S/C16H17ClF3N3O2S/c1-10(2)7-23(9-16(18,19)20)13(24)8-26-15-22-21-14(25-15)11-5-3-4-6-12(11)17/h3-6,10H,7-9H2,1-2H3. The average Bonchev–Trinajstić information content (AvgIpc) is 2.99. The summed E-state index contributed by atoms with van der Waals surface area (Å²) in [5, 5.41) is 8.16. The minimum Gasteiger partial charge on any atom is -0.411 e. The fraction of sp³-hybridized carbons (Fsp3) is 0.438. The van der Waals surface area contributed by atoms with Crippen molar-refractivity contribution in [1.29, 1.82) is 0 Å². The van der Waals surface area contributed by atoms with E-state index >= 15 is 0 Å². The maximum Gasteiger partial charge on any atom is 0.406 e. The Morgan fingerprint density at radius 3 is 2.62 bits per heavy atom. The number of rotatable bonds is 7. The molecule has 0 saturated carbocycles. The first-order valence-electron chi connectivity index (χ1n) is 7.71. The summed E-state index contributed by atoms with van der Waals surface area (Å²) in [5.74, 6) is -0.771. The summed E-state index contributed by atoms with van der Waals surface area (Å²) in [6.45, 7) is 2.24. The van der Waals surface area contributed by atoms with Crippen LogP contribution in [0.3, 0.4) is 0 Å². The van der Waals surface area contributed by atoms with Crippen molar-refractivity contribution in [1.82, 2.24) is 15.1 Å². The summed E-state index contributed by atoms with van der Waals surface area (Å²) in [6.07, 6.45) is -4.45. The van der Waals surface area contributed by atoms with Gasteiger partial charge in [-0.1, -0.05) is 49.3 Å². The van der Waals surface area contributed by atoms with Gasteiger partial charge in [0.1, 0.15) is 6.54 Å². The lowest BCUT2D eigenvalue weighted by Gasteiger charge is -2.25. The molecule has 0 saturated heterocycles. The second kappa shape index (κ2) is 8.77. The van der Waals surface area contributed by atoms with Gasteiger partial charge in [0.15, 0.2) is 0 Å². The predicted octanol–water partition coefficient (Wildman–Crippen LogP) is 4.53. The van der Waals surface area contributed by atoms with E-state index in [-0.39, 0.29) is 29.3 Å². The molecule has 2 aromatic rings. The molecule has 0 atom stereocenters. The highest BCUT2D eigenvalue weighted by Gasteiger charge is 2.33. The van der Waals surface area contributed by atoms with E-state index in [1.165, 1.54) is 0 Å². The second-order valence-corrected chi connectivity index (χ2v) is 7.26. The molecule has 142 valence electrons. The smallest absolute Gasteiger partial charge is 0.406 e. The lowest BCUT2D eigenvalue weighted by Crippen LogP contribution is -2.42. The summed E-state index contributed by atoms with van der Waals surface area (Å²) >= 11 is 6.93. The Kier molecular flexibility index (Phi) is 6.94. The van der Waals surface area contributed by atoms with Crippen molar-refractivity contribution in [3.8, 4) is 11.5 Å². The van der Waals surface area contributed by atoms with E-state index in [9.17, 15) is 18.0 Å². The molecular weight excluding hydrogens is 391 g/mol. The topological polar surface area (TPSA) is 59.2 Å². The van der Waals surface area contributed by atoms with E-state index in [0.717, 1.165) is 16.7 Å². The summed E-state index contributed by atoms with van der Waals surface area (Å²) in [4.78, 5) is 12.9. The summed E-state index contributed by atoms with van der Waals surface area (Å²) in [7, 11) is 0. The van der Waals surface area contributed by atoms with Crippen LogP contribution >= 0.6 is 23.4 Å². The van der Waals surface area contributed by atoms with Gasteiger partial charge in [-0.15, -0.1) is 10.2 Å². The van der Waals surface area contributed by atoms with E-state index in [4.69, 9.17) is 16.0 Å². The molecule has 0 bridgehead atoms. The molecule has 0 unspecified atom stereocenters. The highest BCUT2D eigenvalue weighted by atomic mass is 35.5. The van der Waals surface area contributed by atoms with Crippen molar-refractivity contribution >= 4 is 29.3 Å². The van der Waals surface area contributed by atoms with Crippen LogP contribution in [-0.2, 0) is 4.79 Å². The van der Waals surface area contributed by atoms with E-state index in [1.54, 1.807) is 38.1 Å². The monoisotopic (exact) mass is 407 g/mol. The number of amides is 1. The van der Waals surface area contributed by atoms with Crippen LogP contribution in [0, 0.1) is 5.92 Å². The molecule has 0 N–H and O–H groups in total. The number of halogens is 4. The Hall–Kier alpha value is -1.74. The van der Waals surface area contributed by atoms with E-state index < -0.39 is 18.6 Å². The summed E-state index contributed by atoms with van der Waals surface area (Å²) < 4.78 is 43.4. The van der Waals surface area contributed by atoms with E-state index in [1.807, 2.05) is 0 Å². The van der Waals surface area contributed by atoms with Crippen molar-refractivity contribution in [3.63, 3.8) is 0 Å². The molecule has 26 heavy (non-hydrogen) atoms. The first-order chi connectivity index (χ1) is 12.2. The number of carbonyl (C=O) groups excluding carboxylic acids is 1. The Labute approximate surface area is 157 Å². The van der Waals surface area contributed by atoms with Crippen molar-refractivity contribution in [3.05, 3.63) is 29.3 Å². The van der Waals surface area contributed by atoms with Crippen LogP contribution in [0.5, 0.6) is 0 Å². The lowest BCUT2D eigenvalue weighted by atomic mass is 10.2. The third kappa shape index (κ3) is 6.21. The Balaban J connectivity index is 2.01. The first-order valence-corrected chi connectivity index (χ1v) is 9.08. The third-order valence-corrected chi connectivity index (χ3v) is 4.27. The van der Waals surface area contributed by atoms with Crippen molar-refractivity contribution in [2.24, 2.45) is 5.92 Å². The van der Waals surface area contributed by atoms with Crippen molar-refractivity contribution < 1.29 is 22.4 Å². The molecule has 0 spiro atoms. The number of aromatic nitrogens is 2. The van der Waals surface area contributed by atoms with Gasteiger partial charge in [0.2, 0.25) is 11.8 Å². The Morgan fingerprint density at radius 1 is 1.31 bits per heavy atom. The number of nitrogens with zero attached hydrogens (tertiary/aromatic N) is 3. The number of hydrogen-bond acceptors (Lipinski definition) is 5. The zero-order valence-electron chi connectivity index (χ0n) is 14.1. The maximum atomic E-state index is 12.7. The van der Waals surface area contributed by atoms with Gasteiger partial charge < -0.3 is 9.32 Å². The number of alkyl halides is 3. The molecule has 1 heterocycles. The van der Waals surface area contributed by atoms with Gasteiger partial charge >= 0.3 is 6.18 Å². The molecule has 0 aliphatic rings. The first kappa shape index (κ1) is 20.6. The zero-order valence-corrected chi connectivity index (χ0v) is 15.7. The zero-order chi connectivity index (χ0) is 19.3. The SMILES string of the molecule is CC(C)CN(CC(F)(F)F)C(=O)CSc1nnc(-c2ccccc2Cl)o1. The highest BCUT2D eigenvalue weighted by molar-refractivity contribution is 7.99. The predicted molar refractivity (Wildman–Crippen MR) is 92.9 cm³/mol. The van der Waals surface area contributed by atoms with Gasteiger partial charge in [-0.2, -0.15) is 13.2 Å². The molecule has 1 amide bonds. The minimum atomic E-state index is -4.45. The Bertz CT molecular complexity index is 752. The van der Waals surface area contributed by atoms with Crippen LogP contribution < -0.4 is 0 Å². The molecule has 0 aliphatic carbocycles. The summed E-state index contributed by atoms with van der Waals surface area (Å²) in [5.41, 5.74) is 0.540. The molecule has 2 rings (SSSR count). The van der Waals surface area contributed by atoms with Crippen LogP contribution in [0.2, 0.25) is 5.02 Å². The van der Waals surface area contributed by atoms with Crippen LogP contribution in [0.4, 0.5) is 13.2 Å². The van der Waals surface area contributed by atoms with Crippen LogP contribution in [-0.4, -0.2) is 46.0 Å². The molecule has 10 heteroatoms. The van der Waals surface area contributed by atoms with Gasteiger partial charge in [-0.05, 0) is 18.1 Å². The van der Waals surface area contributed by atoms with Crippen molar-refractivity contribution in [2.45, 2.75) is 25.2 Å².